The third-order valence-corrected chi connectivity index (χ3v) is 7.44. The van der Waals surface area contributed by atoms with Crippen LogP contribution in [-0.4, -0.2) is 3.26 Å². The van der Waals surface area contributed by atoms with Crippen LogP contribution in [0.15, 0.2) is 121 Å². The van der Waals surface area contributed by atoms with Crippen molar-refractivity contribution in [3.8, 4) is 22.3 Å². The Morgan fingerprint density at radius 3 is 1.20 bits per heavy atom. The summed E-state index contributed by atoms with van der Waals surface area (Å²) in [5, 5.41) is 5.32. The van der Waals surface area contributed by atoms with Crippen molar-refractivity contribution in [2.45, 2.75) is 66.2 Å². The fourth-order valence-corrected chi connectivity index (χ4v) is 5.13. The molecular formula is C41H46Cl2Hf. The molecule has 0 amide bonds. The van der Waals surface area contributed by atoms with E-state index in [1.165, 1.54) is 78.8 Å². The first kappa shape index (κ1) is 37.6. The van der Waals surface area contributed by atoms with Crippen molar-refractivity contribution in [1.82, 2.24) is 0 Å². The Hall–Kier alpha value is -2.58. The van der Waals surface area contributed by atoms with E-state index < -0.39 is 0 Å². The van der Waals surface area contributed by atoms with Crippen LogP contribution in [0.3, 0.4) is 0 Å². The summed E-state index contributed by atoms with van der Waals surface area (Å²) in [6, 6.07) is 43.9. The standard InChI is InChI=1S/2C19H19.C3H6.2ClH.Hf/c2*1-19(2,3)16-10-4-9-15(13-16)18-12-6-8-14-7-5-11-17(14)18;1-3-2;;;/h2*4-13H,1-3H3;1-2H3;2*1H;/q2*-1;;;;+2. The summed E-state index contributed by atoms with van der Waals surface area (Å²) in [6.45, 7) is 17.8. The summed E-state index contributed by atoms with van der Waals surface area (Å²) in [4.78, 5) is 0. The molecule has 0 nitrogen and oxygen atoms in total. The van der Waals surface area contributed by atoms with E-state index in [1.54, 1.807) is 3.26 Å². The number of halogens is 2. The summed E-state index contributed by atoms with van der Waals surface area (Å²) >= 11 is 1.27. The number of rotatable bonds is 2. The fourth-order valence-electron chi connectivity index (χ4n) is 5.13. The maximum Gasteiger partial charge on any atom is -0.147 e. The van der Waals surface area contributed by atoms with E-state index in [0.29, 0.717) is 0 Å². The Labute approximate surface area is 292 Å². The molecule has 0 aliphatic heterocycles. The SMILES string of the molecule is CC(C)(C)c1cccc(-c2cccc3[cH-]ccc23)c1.CC(C)(C)c1cccc(-c2cccc3[cH-]ccc23)c1.C[C](C)=[Hf+2].Cl.Cl. The summed E-state index contributed by atoms with van der Waals surface area (Å²) < 4.78 is 1.56. The quantitative estimate of drug-likeness (QED) is 0.121. The number of benzene rings is 4. The van der Waals surface area contributed by atoms with Crippen LogP contribution in [-0.2, 0) is 34.7 Å². The first-order valence-electron chi connectivity index (χ1n) is 14.9. The van der Waals surface area contributed by atoms with Crippen LogP contribution < -0.4 is 0 Å². The van der Waals surface area contributed by atoms with Crippen molar-refractivity contribution in [2.75, 3.05) is 0 Å². The van der Waals surface area contributed by atoms with Gasteiger partial charge < -0.3 is 0 Å². The van der Waals surface area contributed by atoms with Crippen molar-refractivity contribution in [3.05, 3.63) is 132 Å². The molecular weight excluding hydrogens is 742 g/mol. The van der Waals surface area contributed by atoms with E-state index in [9.17, 15) is 0 Å². The summed E-state index contributed by atoms with van der Waals surface area (Å²) in [6.07, 6.45) is 0. The second-order valence-electron chi connectivity index (χ2n) is 13.3. The normalized spacial score (nSPS) is 11.0. The molecule has 0 N–H and O–H groups in total. The minimum absolute atomic E-state index is 0. The number of fused-ring (bicyclic) bond motifs is 2. The number of hydrogen-bond donors (Lipinski definition) is 0. The zero-order chi connectivity index (χ0) is 30.5. The summed E-state index contributed by atoms with van der Waals surface area (Å²) in [7, 11) is 0. The zero-order valence-electron chi connectivity index (χ0n) is 27.4. The molecule has 0 saturated carbocycles. The van der Waals surface area contributed by atoms with Crippen molar-refractivity contribution >= 4 is 49.6 Å². The van der Waals surface area contributed by atoms with E-state index in [1.807, 2.05) is 0 Å². The molecule has 0 saturated heterocycles. The smallest absolute Gasteiger partial charge is 0.147 e. The summed E-state index contributed by atoms with van der Waals surface area (Å²) in [5.74, 6) is 0. The molecule has 0 bridgehead atoms. The molecule has 0 fully saturated rings. The Kier molecular flexibility index (Phi) is 13.8. The van der Waals surface area contributed by atoms with E-state index in [4.69, 9.17) is 0 Å². The molecule has 3 heteroatoms. The van der Waals surface area contributed by atoms with Crippen LogP contribution >= 0.6 is 24.8 Å². The molecule has 6 aromatic rings. The first-order valence-corrected chi connectivity index (χ1v) is 16.7. The van der Waals surface area contributed by atoms with Crippen LogP contribution in [0.2, 0.25) is 0 Å². The molecule has 0 radical (unpaired) electrons. The Bertz CT molecular complexity index is 1660. The van der Waals surface area contributed by atoms with Gasteiger partial charge in [0.2, 0.25) is 0 Å². The van der Waals surface area contributed by atoms with Gasteiger partial charge in [-0.3, -0.25) is 0 Å². The van der Waals surface area contributed by atoms with Crippen molar-refractivity contribution < 1.29 is 23.9 Å². The van der Waals surface area contributed by atoms with Gasteiger partial charge in [-0.2, -0.15) is 24.3 Å². The van der Waals surface area contributed by atoms with E-state index in [2.05, 4.69) is 177 Å². The van der Waals surface area contributed by atoms with Crippen molar-refractivity contribution in [2.24, 2.45) is 0 Å². The monoisotopic (exact) mass is 788 g/mol. The van der Waals surface area contributed by atoms with E-state index in [-0.39, 0.29) is 35.6 Å². The van der Waals surface area contributed by atoms with Gasteiger partial charge in [-0.25, -0.2) is 0 Å². The van der Waals surface area contributed by atoms with Gasteiger partial charge in [0.05, 0.1) is 0 Å². The Morgan fingerprint density at radius 2 is 0.864 bits per heavy atom. The van der Waals surface area contributed by atoms with Crippen LogP contribution in [0.1, 0.15) is 66.5 Å². The van der Waals surface area contributed by atoms with Gasteiger partial charge in [-0.05, 0) is 33.1 Å². The van der Waals surface area contributed by atoms with Crippen LogP contribution in [0.25, 0.3) is 43.8 Å². The van der Waals surface area contributed by atoms with E-state index in [0.717, 1.165) is 0 Å². The first-order chi connectivity index (χ1) is 19.8. The Balaban J connectivity index is 0.000000263. The fraction of sp³-hybridized carbons (Fsp3) is 0.244. The second kappa shape index (κ2) is 16.1. The predicted octanol–water partition coefficient (Wildman–Crippen LogP) is 12.6. The molecule has 228 valence electrons. The molecule has 0 aliphatic carbocycles. The predicted molar refractivity (Wildman–Crippen MR) is 198 cm³/mol. The van der Waals surface area contributed by atoms with Gasteiger partial charge in [0, 0.05) is 0 Å². The minimum atomic E-state index is 0. The average Bonchev–Trinajstić information content (AvgIpc) is 3.62. The minimum Gasteiger partial charge on any atom is -0.147 e. The zero-order valence-corrected chi connectivity index (χ0v) is 32.6. The van der Waals surface area contributed by atoms with Gasteiger partial charge >= 0.3 is 41.0 Å². The van der Waals surface area contributed by atoms with Gasteiger partial charge in [0.25, 0.3) is 0 Å². The molecule has 0 atom stereocenters. The molecule has 6 aromatic carbocycles. The Morgan fingerprint density at radius 1 is 0.523 bits per heavy atom. The van der Waals surface area contributed by atoms with Gasteiger partial charge in [0.1, 0.15) is 0 Å². The average molecular weight is 788 g/mol. The maximum absolute atomic E-state index is 2.32. The third kappa shape index (κ3) is 9.71. The molecule has 0 unspecified atom stereocenters. The molecule has 6 rings (SSSR count). The van der Waals surface area contributed by atoms with Crippen molar-refractivity contribution in [3.63, 3.8) is 0 Å². The van der Waals surface area contributed by atoms with Gasteiger partial charge in [-0.15, -0.1) is 82.8 Å². The van der Waals surface area contributed by atoms with E-state index >= 15 is 0 Å². The molecule has 0 heterocycles. The van der Waals surface area contributed by atoms with Crippen molar-refractivity contribution in [1.29, 1.82) is 0 Å². The summed E-state index contributed by atoms with van der Waals surface area (Å²) in [5.41, 5.74) is 8.42. The van der Waals surface area contributed by atoms with Crippen LogP contribution in [0.5, 0.6) is 0 Å². The van der Waals surface area contributed by atoms with Gasteiger partial charge in [-0.1, -0.05) is 113 Å². The topological polar surface area (TPSA) is 0 Å². The molecule has 0 spiro atoms. The second-order valence-corrected chi connectivity index (χ2v) is 16.9. The van der Waals surface area contributed by atoms with Crippen LogP contribution in [0, 0.1) is 0 Å². The maximum atomic E-state index is 2.32. The number of hydrogen-bond acceptors (Lipinski definition) is 0. The molecule has 0 aromatic heterocycles. The largest absolute Gasteiger partial charge is 0.147 e. The third-order valence-electron chi connectivity index (χ3n) is 7.44. The van der Waals surface area contributed by atoms with Gasteiger partial charge in [0.15, 0.2) is 0 Å². The van der Waals surface area contributed by atoms with Crippen LogP contribution in [0.4, 0.5) is 0 Å². The molecule has 0 aliphatic rings. The molecule has 44 heavy (non-hydrogen) atoms.